The molecule has 0 aliphatic heterocycles. The summed E-state index contributed by atoms with van der Waals surface area (Å²) in [4.78, 5) is 2.28. The molecule has 0 amide bonds. The Morgan fingerprint density at radius 3 is 2.61 bits per heavy atom. The topological polar surface area (TPSA) is 9.23 Å². The number of benzene rings is 1. The third-order valence-corrected chi connectivity index (χ3v) is 5.63. The molecule has 1 unspecified atom stereocenters. The van der Waals surface area contributed by atoms with Gasteiger partial charge in [-0.3, -0.25) is 0 Å². The summed E-state index contributed by atoms with van der Waals surface area (Å²) in [6, 6.07) is 7.52. The van der Waals surface area contributed by atoms with Crippen molar-refractivity contribution in [3.63, 3.8) is 0 Å². The van der Waals surface area contributed by atoms with Crippen molar-refractivity contribution in [1.29, 1.82) is 0 Å². The molecule has 1 nitrogen and oxygen atoms in total. The lowest BCUT2D eigenvalue weighted by Gasteiger charge is -2.13. The third-order valence-electron chi connectivity index (χ3n) is 2.59. The number of aryl methyl sites for hydroxylation is 1. The molecule has 0 aliphatic rings. The number of rotatable bonds is 3. The highest BCUT2D eigenvalue weighted by molar-refractivity contribution is 9.10. The van der Waals surface area contributed by atoms with E-state index in [-0.39, 0.29) is 5.38 Å². The van der Waals surface area contributed by atoms with Crippen molar-refractivity contribution < 1.29 is 4.74 Å². The van der Waals surface area contributed by atoms with Crippen LogP contribution in [0.1, 0.15) is 20.7 Å². The molecule has 0 fully saturated rings. The van der Waals surface area contributed by atoms with E-state index in [1.54, 1.807) is 24.5 Å². The predicted octanol–water partition coefficient (Wildman–Crippen LogP) is 5.81. The Balaban J connectivity index is 2.44. The van der Waals surface area contributed by atoms with Crippen molar-refractivity contribution in [3.8, 4) is 5.75 Å². The van der Waals surface area contributed by atoms with E-state index in [4.69, 9.17) is 27.9 Å². The highest BCUT2D eigenvalue weighted by Crippen LogP contribution is 2.41. The SMILES string of the molecule is COc1ccc(Cl)cc1C(Cl)c1cc(Br)c(C)s1. The minimum Gasteiger partial charge on any atom is -0.496 e. The average molecular weight is 366 g/mol. The standard InChI is InChI=1S/C13H11BrCl2OS/c1-7-10(14)6-12(18-7)13(16)9-5-8(15)3-4-11(9)17-2/h3-6,13H,1-2H3. The quantitative estimate of drug-likeness (QED) is 0.623. The first-order valence-electron chi connectivity index (χ1n) is 5.26. The van der Waals surface area contributed by atoms with Crippen molar-refractivity contribution in [3.05, 3.63) is 49.1 Å². The van der Waals surface area contributed by atoms with Gasteiger partial charge in [0.15, 0.2) is 0 Å². The van der Waals surface area contributed by atoms with Gasteiger partial charge < -0.3 is 4.74 Å². The zero-order valence-corrected chi connectivity index (χ0v) is 13.8. The summed E-state index contributed by atoms with van der Waals surface area (Å²) in [5, 5.41) is 0.400. The molecule has 18 heavy (non-hydrogen) atoms. The van der Waals surface area contributed by atoms with Gasteiger partial charge in [0.2, 0.25) is 0 Å². The molecule has 1 heterocycles. The molecule has 0 spiro atoms. The first-order valence-corrected chi connectivity index (χ1v) is 7.68. The number of methoxy groups -OCH3 is 1. The molecule has 0 saturated carbocycles. The highest BCUT2D eigenvalue weighted by atomic mass is 79.9. The third kappa shape index (κ3) is 2.85. The zero-order chi connectivity index (χ0) is 13.3. The maximum absolute atomic E-state index is 6.52. The Kier molecular flexibility index (Phi) is 4.59. The molecule has 0 aliphatic carbocycles. The van der Waals surface area contributed by atoms with Crippen LogP contribution >= 0.6 is 50.5 Å². The fourth-order valence-corrected chi connectivity index (χ4v) is 3.77. The molecule has 96 valence electrons. The van der Waals surface area contributed by atoms with Crippen LogP contribution in [0.5, 0.6) is 5.75 Å². The number of hydrogen-bond acceptors (Lipinski definition) is 2. The van der Waals surface area contributed by atoms with E-state index in [1.165, 1.54) is 4.88 Å². The Morgan fingerprint density at radius 2 is 2.06 bits per heavy atom. The summed E-state index contributed by atoms with van der Waals surface area (Å²) >= 11 is 17.7. The largest absolute Gasteiger partial charge is 0.496 e. The number of thiophene rings is 1. The van der Waals surface area contributed by atoms with E-state index in [0.29, 0.717) is 5.02 Å². The van der Waals surface area contributed by atoms with Gasteiger partial charge >= 0.3 is 0 Å². The molecule has 0 N–H and O–H groups in total. The van der Waals surface area contributed by atoms with Gasteiger partial charge in [0.1, 0.15) is 5.75 Å². The van der Waals surface area contributed by atoms with Gasteiger partial charge in [-0.05, 0) is 47.1 Å². The highest BCUT2D eigenvalue weighted by Gasteiger charge is 2.19. The van der Waals surface area contributed by atoms with Crippen LogP contribution in [-0.2, 0) is 0 Å². The van der Waals surface area contributed by atoms with Crippen LogP contribution in [0, 0.1) is 6.92 Å². The van der Waals surface area contributed by atoms with E-state index < -0.39 is 0 Å². The van der Waals surface area contributed by atoms with E-state index in [1.807, 2.05) is 18.2 Å². The van der Waals surface area contributed by atoms with Gasteiger partial charge in [-0.2, -0.15) is 0 Å². The van der Waals surface area contributed by atoms with Crippen LogP contribution < -0.4 is 4.74 Å². The number of alkyl halides is 1. The number of halogens is 3. The van der Waals surface area contributed by atoms with Gasteiger partial charge in [0, 0.05) is 24.8 Å². The predicted molar refractivity (Wildman–Crippen MR) is 82.5 cm³/mol. The fourth-order valence-electron chi connectivity index (χ4n) is 1.66. The second kappa shape index (κ2) is 5.83. The van der Waals surface area contributed by atoms with Gasteiger partial charge in [-0.25, -0.2) is 0 Å². The van der Waals surface area contributed by atoms with Crippen LogP contribution in [-0.4, -0.2) is 7.11 Å². The van der Waals surface area contributed by atoms with Gasteiger partial charge in [-0.15, -0.1) is 22.9 Å². The Labute approximate surface area is 129 Å². The summed E-state index contributed by atoms with van der Waals surface area (Å²) in [6.07, 6.45) is 0. The lowest BCUT2D eigenvalue weighted by Crippen LogP contribution is -1.95. The van der Waals surface area contributed by atoms with Crippen molar-refractivity contribution in [2.45, 2.75) is 12.3 Å². The first-order chi connectivity index (χ1) is 8.52. The normalized spacial score (nSPS) is 12.5. The fraction of sp³-hybridized carbons (Fsp3) is 0.231. The molecule has 0 bridgehead atoms. The van der Waals surface area contributed by atoms with Gasteiger partial charge in [0.25, 0.3) is 0 Å². The van der Waals surface area contributed by atoms with Crippen LogP contribution in [0.25, 0.3) is 0 Å². The lowest BCUT2D eigenvalue weighted by atomic mass is 10.1. The minimum atomic E-state index is -0.256. The molecule has 2 rings (SSSR count). The number of hydrogen-bond donors (Lipinski definition) is 0. The Bertz CT molecular complexity index is 549. The van der Waals surface area contributed by atoms with E-state index in [9.17, 15) is 0 Å². The molecule has 0 saturated heterocycles. The molecule has 5 heteroatoms. The molecule has 0 radical (unpaired) electrons. The van der Waals surface area contributed by atoms with Crippen molar-refractivity contribution >= 4 is 50.5 Å². The molecule has 1 aromatic heterocycles. The summed E-state index contributed by atoms with van der Waals surface area (Å²) in [7, 11) is 1.63. The van der Waals surface area contributed by atoms with E-state index in [2.05, 4.69) is 22.9 Å². The summed E-state index contributed by atoms with van der Waals surface area (Å²) < 4.78 is 6.41. The van der Waals surface area contributed by atoms with Crippen molar-refractivity contribution in [1.82, 2.24) is 0 Å². The summed E-state index contributed by atoms with van der Waals surface area (Å²) in [6.45, 7) is 2.05. The van der Waals surface area contributed by atoms with Crippen molar-refractivity contribution in [2.24, 2.45) is 0 Å². The van der Waals surface area contributed by atoms with Crippen LogP contribution in [0.3, 0.4) is 0 Å². The molecule has 1 atom stereocenters. The molecular weight excluding hydrogens is 355 g/mol. The zero-order valence-electron chi connectivity index (χ0n) is 9.84. The second-order valence-electron chi connectivity index (χ2n) is 3.80. The minimum absolute atomic E-state index is 0.256. The maximum Gasteiger partial charge on any atom is 0.124 e. The van der Waals surface area contributed by atoms with Crippen molar-refractivity contribution in [2.75, 3.05) is 7.11 Å². The summed E-state index contributed by atoms with van der Waals surface area (Å²) in [5.74, 6) is 0.751. The van der Waals surface area contributed by atoms with E-state index in [0.717, 1.165) is 20.7 Å². The first kappa shape index (κ1) is 14.2. The van der Waals surface area contributed by atoms with Crippen LogP contribution in [0.2, 0.25) is 5.02 Å². The lowest BCUT2D eigenvalue weighted by molar-refractivity contribution is 0.410. The van der Waals surface area contributed by atoms with Crippen LogP contribution in [0.4, 0.5) is 0 Å². The summed E-state index contributed by atoms with van der Waals surface area (Å²) in [5.41, 5.74) is 0.889. The van der Waals surface area contributed by atoms with Crippen LogP contribution in [0.15, 0.2) is 28.7 Å². The molecular formula is C13H11BrCl2OS. The maximum atomic E-state index is 6.52. The van der Waals surface area contributed by atoms with Gasteiger partial charge in [0.05, 0.1) is 12.5 Å². The van der Waals surface area contributed by atoms with Gasteiger partial charge in [-0.1, -0.05) is 11.6 Å². The average Bonchev–Trinajstić information content (AvgIpc) is 2.68. The smallest absolute Gasteiger partial charge is 0.124 e. The molecule has 2 aromatic rings. The molecule has 1 aromatic carbocycles. The monoisotopic (exact) mass is 364 g/mol. The number of ether oxygens (including phenoxy) is 1. The second-order valence-corrected chi connectivity index (χ2v) is 6.82. The van der Waals surface area contributed by atoms with E-state index >= 15 is 0 Å². The Hall–Kier alpha value is -0.220. The Morgan fingerprint density at radius 1 is 1.33 bits per heavy atom.